The van der Waals surface area contributed by atoms with Crippen molar-refractivity contribution in [2.75, 3.05) is 0 Å². The number of rotatable bonds is 4. The predicted molar refractivity (Wildman–Crippen MR) is 136 cm³/mol. The average molecular weight is 433 g/mol. The molecule has 0 amide bonds. The fourth-order valence-corrected chi connectivity index (χ4v) is 11.4. The van der Waals surface area contributed by atoms with Gasteiger partial charge in [0.15, 0.2) is 0 Å². The molecule has 1 aromatic heterocycles. The molecular weight excluding hydrogens is 389 g/mol. The molecule has 0 bridgehead atoms. The molecule has 0 N–H and O–H groups in total. The van der Waals surface area contributed by atoms with Crippen molar-refractivity contribution in [3.05, 3.63) is 24.3 Å². The third-order valence-electron chi connectivity index (χ3n) is 5.61. The number of para-hydroxylation sites is 2. The fourth-order valence-electron chi connectivity index (χ4n) is 4.63. The molecule has 1 heterocycles. The van der Waals surface area contributed by atoms with Gasteiger partial charge in [-0.15, -0.1) is 0 Å². The first-order valence-corrected chi connectivity index (χ1v) is 14.0. The molecule has 0 fully saturated rings. The zero-order valence-electron chi connectivity index (χ0n) is 21.1. The summed E-state index contributed by atoms with van der Waals surface area (Å²) in [6.07, 6.45) is 2.25. The molecule has 0 spiro atoms. The second kappa shape index (κ2) is 8.35. The van der Waals surface area contributed by atoms with Crippen molar-refractivity contribution < 1.29 is 4.47 Å². The zero-order valence-corrected chi connectivity index (χ0v) is 22.9. The summed E-state index contributed by atoms with van der Waals surface area (Å²) in [6.45, 7) is 29.0. The third kappa shape index (κ3) is 6.14. The number of benzene rings is 1. The minimum absolute atomic E-state index is 0.189. The molecule has 0 radical (unpaired) electrons. The molecule has 0 aliphatic rings. The van der Waals surface area contributed by atoms with E-state index >= 15 is 0 Å². The number of hydrogen-bond acceptors (Lipinski definition) is 0. The Balaban J connectivity index is 2.53. The van der Waals surface area contributed by atoms with Crippen LogP contribution < -0.4 is 4.47 Å². The van der Waals surface area contributed by atoms with Gasteiger partial charge in [0.1, 0.15) is 0 Å². The average Bonchev–Trinajstić information content (AvgIpc) is 2.84. The van der Waals surface area contributed by atoms with Gasteiger partial charge in [-0.2, -0.15) is 0 Å². The Bertz CT molecular complexity index is 734. The van der Waals surface area contributed by atoms with Crippen molar-refractivity contribution in [1.29, 1.82) is 0 Å². The summed E-state index contributed by atoms with van der Waals surface area (Å²) in [5, 5.41) is 1.31. The van der Waals surface area contributed by atoms with Gasteiger partial charge in [0.25, 0.3) is 0 Å². The molecule has 29 heavy (non-hydrogen) atoms. The van der Waals surface area contributed by atoms with Crippen LogP contribution >= 0.6 is 15.8 Å². The summed E-state index contributed by atoms with van der Waals surface area (Å²) in [5.41, 5.74) is 2.76. The number of hydrogen-bond donors (Lipinski definition) is 0. The molecule has 1 aromatic carbocycles. The standard InChI is InChI=1S/C24H44BN2P2/c1-21(2,3)28(22(4,5)6)17-26-19-15-13-14-16-20(19)27(25-26)18-29(23(7,8)9)24(10,11)12/h13-16H,17-18H2,1-12H3/q+1. The van der Waals surface area contributed by atoms with E-state index in [4.69, 9.17) is 0 Å². The Kier molecular flexibility index (Phi) is 7.20. The first-order valence-electron chi connectivity index (χ1n) is 11.0. The van der Waals surface area contributed by atoms with Crippen LogP contribution in [0.2, 0.25) is 0 Å². The van der Waals surface area contributed by atoms with Crippen LogP contribution in [-0.2, 0) is 12.6 Å². The number of nitrogens with zero attached hydrogens (tertiary/aromatic N) is 2. The van der Waals surface area contributed by atoms with Crippen LogP contribution in [0.4, 0.5) is 0 Å². The Labute approximate surface area is 183 Å². The van der Waals surface area contributed by atoms with E-state index in [2.05, 4.69) is 123 Å². The Morgan fingerprint density at radius 1 is 0.724 bits per heavy atom. The van der Waals surface area contributed by atoms with E-state index in [0.29, 0.717) is 20.6 Å². The van der Waals surface area contributed by atoms with E-state index in [0.717, 1.165) is 12.6 Å². The van der Waals surface area contributed by atoms with Gasteiger partial charge in [-0.05, 0) is 0 Å². The molecule has 0 saturated carbocycles. The molecule has 162 valence electrons. The van der Waals surface area contributed by atoms with Crippen LogP contribution in [0.5, 0.6) is 0 Å². The minimum atomic E-state index is -0.189. The fraction of sp³-hybridized carbons (Fsp3) is 0.750. The Morgan fingerprint density at radius 3 is 1.62 bits per heavy atom. The third-order valence-corrected chi connectivity index (χ3v) is 13.3. The van der Waals surface area contributed by atoms with Crippen LogP contribution in [0.3, 0.4) is 0 Å². The van der Waals surface area contributed by atoms with Gasteiger partial charge >= 0.3 is 184 Å². The van der Waals surface area contributed by atoms with E-state index in [9.17, 15) is 0 Å². The normalized spacial score (nSPS) is 14.3. The molecule has 0 saturated heterocycles. The maximum atomic E-state index is 2.55. The molecule has 5 heteroatoms. The van der Waals surface area contributed by atoms with Crippen molar-refractivity contribution in [1.82, 2.24) is 4.47 Å². The first kappa shape index (κ1) is 25.0. The Morgan fingerprint density at radius 2 is 1.17 bits per heavy atom. The van der Waals surface area contributed by atoms with Crippen LogP contribution in [-0.4, -0.2) is 32.3 Å². The predicted octanol–water partition coefficient (Wildman–Crippen LogP) is 7.34. The molecule has 2 rings (SSSR count). The van der Waals surface area contributed by atoms with Gasteiger partial charge in [-0.25, -0.2) is 0 Å². The SMILES string of the molecule is CC(C)(C)P(Cn1b[n+](CP(C(C)(C)C)C(C)(C)C)c2ccccc21)C(C)(C)C. The first-order chi connectivity index (χ1) is 12.9. The molecule has 2 nitrogen and oxygen atoms in total. The van der Waals surface area contributed by atoms with Gasteiger partial charge in [-0.1, -0.05) is 0 Å². The second-order valence-corrected chi connectivity index (χ2v) is 20.0. The van der Waals surface area contributed by atoms with Gasteiger partial charge in [0, 0.05) is 0 Å². The van der Waals surface area contributed by atoms with Crippen LogP contribution in [0.1, 0.15) is 83.1 Å². The number of aromatic nitrogens is 2. The van der Waals surface area contributed by atoms with Crippen LogP contribution in [0.15, 0.2) is 24.3 Å². The van der Waals surface area contributed by atoms with Crippen molar-refractivity contribution in [3.8, 4) is 0 Å². The van der Waals surface area contributed by atoms with E-state index < -0.39 is 0 Å². The van der Waals surface area contributed by atoms with Crippen molar-refractivity contribution in [3.63, 3.8) is 0 Å². The van der Waals surface area contributed by atoms with Gasteiger partial charge in [-0.3, -0.25) is 0 Å². The van der Waals surface area contributed by atoms with E-state index in [1.54, 1.807) is 0 Å². The van der Waals surface area contributed by atoms with Crippen molar-refractivity contribution in [2.24, 2.45) is 0 Å². The quantitative estimate of drug-likeness (QED) is 0.446. The summed E-state index contributed by atoms with van der Waals surface area (Å²) >= 11 is 0. The topological polar surface area (TPSA) is 8.81 Å². The van der Waals surface area contributed by atoms with Gasteiger partial charge in [0.2, 0.25) is 0 Å². The molecule has 0 atom stereocenters. The summed E-state index contributed by atoms with van der Waals surface area (Å²) in [4.78, 5) is 0. The Hall–Kier alpha value is -0.255. The van der Waals surface area contributed by atoms with Crippen LogP contribution in [0.25, 0.3) is 11.0 Å². The zero-order chi connectivity index (χ0) is 22.4. The summed E-state index contributed by atoms with van der Waals surface area (Å²) in [6, 6.07) is 8.99. The monoisotopic (exact) mass is 433 g/mol. The molecular formula is C24H44BN2P2+. The number of fused-ring (bicyclic) bond motifs is 1. The molecule has 0 aliphatic carbocycles. The summed E-state index contributed by atoms with van der Waals surface area (Å²) in [7, 11) is 2.04. The second-order valence-electron chi connectivity index (χ2n) is 12.4. The van der Waals surface area contributed by atoms with E-state index in [-0.39, 0.29) is 15.8 Å². The van der Waals surface area contributed by atoms with E-state index in [1.165, 1.54) is 11.0 Å². The summed E-state index contributed by atoms with van der Waals surface area (Å²) in [5.74, 6) is 0. The molecule has 0 aliphatic heterocycles. The summed E-state index contributed by atoms with van der Waals surface area (Å²) < 4.78 is 5.10. The molecule has 0 unspecified atom stereocenters. The van der Waals surface area contributed by atoms with Gasteiger partial charge in [0.05, 0.1) is 0 Å². The van der Waals surface area contributed by atoms with Gasteiger partial charge < -0.3 is 0 Å². The van der Waals surface area contributed by atoms with Crippen molar-refractivity contribution >= 4 is 34.1 Å². The maximum absolute atomic E-state index is 2.55. The van der Waals surface area contributed by atoms with Crippen LogP contribution in [0, 0.1) is 0 Å². The van der Waals surface area contributed by atoms with E-state index in [1.807, 2.05) is 0 Å². The van der Waals surface area contributed by atoms with Crippen molar-refractivity contribution in [2.45, 2.75) is 116 Å². The molecule has 2 aromatic rings.